The second-order valence-electron chi connectivity index (χ2n) is 4.78. The quantitative estimate of drug-likeness (QED) is 0.774. The molecular weight excluding hydrogens is 274 g/mol. The van der Waals surface area contributed by atoms with Crippen LogP contribution in [0.4, 0.5) is 0 Å². The molecule has 0 heterocycles. The van der Waals surface area contributed by atoms with Crippen LogP contribution in [0.3, 0.4) is 0 Å². The summed E-state index contributed by atoms with van der Waals surface area (Å²) in [5.74, 6) is -2.17. The smallest absolute Gasteiger partial charge is 0.326 e. The standard InChI is InChI=1S/C15H19NO5/c1-9-4-5-11(8-10(9)2)14(18)16-12(15(19)20)6-7-13(17)21-3/h4-5,8,12H,6-7H2,1-3H3,(H,16,18)(H,19,20)/t12-/m0/s1. The second-order valence-corrected chi connectivity index (χ2v) is 4.78. The molecule has 1 rings (SSSR count). The van der Waals surface area contributed by atoms with E-state index < -0.39 is 23.9 Å². The molecule has 0 aliphatic carbocycles. The van der Waals surface area contributed by atoms with Gasteiger partial charge in [-0.25, -0.2) is 4.79 Å². The van der Waals surface area contributed by atoms with Crippen LogP contribution in [0.2, 0.25) is 0 Å². The Kier molecular flexibility index (Phi) is 5.90. The van der Waals surface area contributed by atoms with E-state index in [1.165, 1.54) is 7.11 Å². The average Bonchev–Trinajstić information content (AvgIpc) is 2.45. The minimum absolute atomic E-state index is 0.0153. The molecule has 1 aromatic carbocycles. The number of carboxylic acid groups (broad SMARTS) is 1. The zero-order chi connectivity index (χ0) is 16.0. The first-order valence-corrected chi connectivity index (χ1v) is 6.53. The van der Waals surface area contributed by atoms with Crippen LogP contribution in [0, 0.1) is 13.8 Å². The van der Waals surface area contributed by atoms with E-state index in [0.717, 1.165) is 11.1 Å². The highest BCUT2D eigenvalue weighted by molar-refractivity contribution is 5.96. The van der Waals surface area contributed by atoms with Crippen molar-refractivity contribution in [1.29, 1.82) is 0 Å². The Morgan fingerprint density at radius 2 is 1.90 bits per heavy atom. The van der Waals surface area contributed by atoms with E-state index in [1.54, 1.807) is 18.2 Å². The predicted molar refractivity (Wildman–Crippen MR) is 76.1 cm³/mol. The number of ether oxygens (including phenoxy) is 1. The Hall–Kier alpha value is -2.37. The molecule has 0 aliphatic rings. The number of carbonyl (C=O) groups excluding carboxylic acids is 2. The fourth-order valence-electron chi connectivity index (χ4n) is 1.75. The number of methoxy groups -OCH3 is 1. The fourth-order valence-corrected chi connectivity index (χ4v) is 1.75. The van der Waals surface area contributed by atoms with Gasteiger partial charge < -0.3 is 15.2 Å². The van der Waals surface area contributed by atoms with Gasteiger partial charge in [-0.2, -0.15) is 0 Å². The molecule has 1 aromatic rings. The molecule has 2 N–H and O–H groups in total. The molecule has 0 aliphatic heterocycles. The number of rotatable bonds is 6. The van der Waals surface area contributed by atoms with E-state index in [2.05, 4.69) is 10.1 Å². The number of esters is 1. The topological polar surface area (TPSA) is 92.7 Å². The predicted octanol–water partition coefficient (Wildman–Crippen LogP) is 1.44. The highest BCUT2D eigenvalue weighted by Crippen LogP contribution is 2.10. The zero-order valence-corrected chi connectivity index (χ0v) is 12.3. The van der Waals surface area contributed by atoms with Crippen molar-refractivity contribution in [3.8, 4) is 0 Å². The fraction of sp³-hybridized carbons (Fsp3) is 0.400. The van der Waals surface area contributed by atoms with Crippen molar-refractivity contribution in [3.05, 3.63) is 34.9 Å². The Morgan fingerprint density at radius 1 is 1.24 bits per heavy atom. The van der Waals surface area contributed by atoms with E-state index in [0.29, 0.717) is 5.56 Å². The van der Waals surface area contributed by atoms with Gasteiger partial charge in [0.05, 0.1) is 7.11 Å². The van der Waals surface area contributed by atoms with Gasteiger partial charge in [0.15, 0.2) is 0 Å². The third kappa shape index (κ3) is 4.91. The van der Waals surface area contributed by atoms with E-state index in [-0.39, 0.29) is 12.8 Å². The highest BCUT2D eigenvalue weighted by atomic mass is 16.5. The van der Waals surface area contributed by atoms with Crippen LogP contribution in [0.15, 0.2) is 18.2 Å². The van der Waals surface area contributed by atoms with Crippen molar-refractivity contribution in [2.24, 2.45) is 0 Å². The molecule has 0 spiro atoms. The number of carboxylic acids is 1. The number of aryl methyl sites for hydroxylation is 2. The normalized spacial score (nSPS) is 11.6. The molecule has 0 unspecified atom stereocenters. The van der Waals surface area contributed by atoms with E-state index in [9.17, 15) is 14.4 Å². The summed E-state index contributed by atoms with van der Waals surface area (Å²) in [4.78, 5) is 34.2. The van der Waals surface area contributed by atoms with Gasteiger partial charge in [-0.05, 0) is 43.5 Å². The molecule has 0 fully saturated rings. The maximum absolute atomic E-state index is 12.0. The SMILES string of the molecule is COC(=O)CC[C@H](NC(=O)c1ccc(C)c(C)c1)C(=O)O. The number of carbonyl (C=O) groups is 3. The summed E-state index contributed by atoms with van der Waals surface area (Å²) >= 11 is 0. The van der Waals surface area contributed by atoms with Gasteiger partial charge in [0.1, 0.15) is 6.04 Å². The summed E-state index contributed by atoms with van der Waals surface area (Å²) in [6.45, 7) is 3.80. The molecule has 114 valence electrons. The van der Waals surface area contributed by atoms with E-state index in [1.807, 2.05) is 13.8 Å². The lowest BCUT2D eigenvalue weighted by molar-refractivity contribution is -0.142. The molecule has 6 heteroatoms. The average molecular weight is 293 g/mol. The Morgan fingerprint density at radius 3 is 2.43 bits per heavy atom. The number of amides is 1. The van der Waals surface area contributed by atoms with Crippen molar-refractivity contribution in [2.45, 2.75) is 32.7 Å². The molecule has 0 saturated carbocycles. The molecule has 0 radical (unpaired) electrons. The molecule has 0 saturated heterocycles. The maximum Gasteiger partial charge on any atom is 0.326 e. The summed E-state index contributed by atoms with van der Waals surface area (Å²) < 4.78 is 4.45. The van der Waals surface area contributed by atoms with Gasteiger partial charge in [-0.1, -0.05) is 6.07 Å². The number of hydrogen-bond donors (Lipinski definition) is 2. The molecule has 6 nitrogen and oxygen atoms in total. The third-order valence-corrected chi connectivity index (χ3v) is 3.24. The Balaban J connectivity index is 2.74. The van der Waals surface area contributed by atoms with E-state index >= 15 is 0 Å². The van der Waals surface area contributed by atoms with Crippen LogP contribution < -0.4 is 5.32 Å². The van der Waals surface area contributed by atoms with Gasteiger partial charge >= 0.3 is 11.9 Å². The van der Waals surface area contributed by atoms with Crippen molar-refractivity contribution in [3.63, 3.8) is 0 Å². The van der Waals surface area contributed by atoms with Crippen molar-refractivity contribution in [2.75, 3.05) is 7.11 Å². The molecular formula is C15H19NO5. The summed E-state index contributed by atoms with van der Waals surface area (Å²) in [6, 6.07) is 4.01. The number of hydrogen-bond acceptors (Lipinski definition) is 4. The van der Waals surface area contributed by atoms with Crippen molar-refractivity contribution < 1.29 is 24.2 Å². The van der Waals surface area contributed by atoms with Gasteiger partial charge in [0.2, 0.25) is 0 Å². The van der Waals surface area contributed by atoms with Crippen LogP contribution in [0.5, 0.6) is 0 Å². The summed E-state index contributed by atoms with van der Waals surface area (Å²) in [5, 5.41) is 11.5. The van der Waals surface area contributed by atoms with Gasteiger partial charge in [0.25, 0.3) is 5.91 Å². The molecule has 1 amide bonds. The number of aliphatic carboxylic acids is 1. The van der Waals surface area contributed by atoms with Crippen LogP contribution in [-0.2, 0) is 14.3 Å². The summed E-state index contributed by atoms with van der Waals surface area (Å²) in [5.41, 5.74) is 2.39. The highest BCUT2D eigenvalue weighted by Gasteiger charge is 2.22. The monoisotopic (exact) mass is 293 g/mol. The van der Waals surface area contributed by atoms with Gasteiger partial charge in [0, 0.05) is 12.0 Å². The molecule has 21 heavy (non-hydrogen) atoms. The lowest BCUT2D eigenvalue weighted by atomic mass is 10.1. The van der Waals surface area contributed by atoms with Gasteiger partial charge in [-0.15, -0.1) is 0 Å². The minimum atomic E-state index is -1.18. The lowest BCUT2D eigenvalue weighted by Gasteiger charge is -2.14. The molecule has 0 bridgehead atoms. The first-order valence-electron chi connectivity index (χ1n) is 6.53. The minimum Gasteiger partial charge on any atom is -0.480 e. The first-order chi connectivity index (χ1) is 9.85. The van der Waals surface area contributed by atoms with E-state index in [4.69, 9.17) is 5.11 Å². The number of nitrogens with one attached hydrogen (secondary N) is 1. The third-order valence-electron chi connectivity index (χ3n) is 3.24. The van der Waals surface area contributed by atoms with Gasteiger partial charge in [-0.3, -0.25) is 9.59 Å². The largest absolute Gasteiger partial charge is 0.480 e. The molecule has 0 aromatic heterocycles. The Labute approximate surface area is 123 Å². The van der Waals surface area contributed by atoms with Crippen LogP contribution in [0.1, 0.15) is 34.3 Å². The summed E-state index contributed by atoms with van der Waals surface area (Å²) in [7, 11) is 1.23. The summed E-state index contributed by atoms with van der Waals surface area (Å²) in [6.07, 6.45) is -0.0841. The first kappa shape index (κ1) is 16.7. The zero-order valence-electron chi connectivity index (χ0n) is 12.3. The van der Waals surface area contributed by atoms with Crippen molar-refractivity contribution >= 4 is 17.8 Å². The number of benzene rings is 1. The molecule has 1 atom stereocenters. The Bertz CT molecular complexity index is 553. The van der Waals surface area contributed by atoms with Crippen LogP contribution in [0.25, 0.3) is 0 Å². The van der Waals surface area contributed by atoms with Crippen LogP contribution >= 0.6 is 0 Å². The second kappa shape index (κ2) is 7.42. The van der Waals surface area contributed by atoms with Crippen LogP contribution in [-0.4, -0.2) is 36.1 Å². The maximum atomic E-state index is 12.0. The lowest BCUT2D eigenvalue weighted by Crippen LogP contribution is -2.41. The van der Waals surface area contributed by atoms with Crippen molar-refractivity contribution in [1.82, 2.24) is 5.32 Å².